The normalized spacial score (nSPS) is 11.4. The van der Waals surface area contributed by atoms with Crippen LogP contribution < -0.4 is 5.56 Å². The molecule has 0 radical (unpaired) electrons. The van der Waals surface area contributed by atoms with Crippen LogP contribution in [0.2, 0.25) is 0 Å². The van der Waals surface area contributed by atoms with Gasteiger partial charge in [-0.1, -0.05) is 13.3 Å². The van der Waals surface area contributed by atoms with E-state index in [0.29, 0.717) is 0 Å². The molecule has 0 aliphatic heterocycles. The van der Waals surface area contributed by atoms with E-state index in [9.17, 15) is 9.59 Å². The Bertz CT molecular complexity index is 446. The fourth-order valence-corrected chi connectivity index (χ4v) is 1.82. The van der Waals surface area contributed by atoms with E-state index >= 15 is 0 Å². The molecule has 1 heterocycles. The minimum atomic E-state index is -1.01. The van der Waals surface area contributed by atoms with Crippen LogP contribution in [0.1, 0.15) is 44.0 Å². The van der Waals surface area contributed by atoms with Crippen molar-refractivity contribution in [1.82, 2.24) is 4.57 Å². The van der Waals surface area contributed by atoms with E-state index in [2.05, 4.69) is 0 Å². The zero-order valence-electron chi connectivity index (χ0n) is 9.86. The van der Waals surface area contributed by atoms with Crippen molar-refractivity contribution in [3.05, 3.63) is 34.2 Å². The van der Waals surface area contributed by atoms with Crippen molar-refractivity contribution < 1.29 is 9.90 Å². The zero-order valence-corrected chi connectivity index (χ0v) is 9.86. The van der Waals surface area contributed by atoms with Crippen LogP contribution in [0.3, 0.4) is 0 Å². The van der Waals surface area contributed by atoms with Gasteiger partial charge < -0.3 is 9.67 Å². The van der Waals surface area contributed by atoms with Gasteiger partial charge >= 0.3 is 5.97 Å². The molecule has 0 aromatic carbocycles. The summed E-state index contributed by atoms with van der Waals surface area (Å²) < 4.78 is 1.50. The minimum absolute atomic E-state index is 0.142. The highest BCUT2D eigenvalue weighted by molar-refractivity contribution is 5.87. The van der Waals surface area contributed by atoms with Crippen LogP contribution >= 0.6 is 0 Å². The van der Waals surface area contributed by atoms with Crippen LogP contribution in [0, 0.1) is 0 Å². The van der Waals surface area contributed by atoms with Gasteiger partial charge in [0, 0.05) is 17.8 Å². The van der Waals surface area contributed by atoms with E-state index < -0.39 is 5.97 Å². The van der Waals surface area contributed by atoms with Gasteiger partial charge in [0.25, 0.3) is 5.56 Å². The molecule has 4 heteroatoms. The molecule has 1 rings (SSSR count). The summed E-state index contributed by atoms with van der Waals surface area (Å²) in [5, 5.41) is 8.88. The summed E-state index contributed by atoms with van der Waals surface area (Å²) in [6, 6.07) is 2.64. The lowest BCUT2D eigenvalue weighted by atomic mass is 9.98. The molecule has 0 spiro atoms. The maximum atomic E-state index is 11.7. The average Bonchev–Trinajstić information content (AvgIpc) is 2.17. The number of carboxylic acids is 1. The van der Waals surface area contributed by atoms with Gasteiger partial charge in [0.15, 0.2) is 0 Å². The molecule has 88 valence electrons. The molecule has 0 saturated carbocycles. The highest BCUT2D eigenvalue weighted by Gasteiger charge is 2.21. The third kappa shape index (κ3) is 2.51. The monoisotopic (exact) mass is 223 g/mol. The van der Waals surface area contributed by atoms with Crippen LogP contribution in [0.25, 0.3) is 0 Å². The molecule has 1 aromatic heterocycles. The summed E-state index contributed by atoms with van der Waals surface area (Å²) in [5.41, 5.74) is -0.371. The van der Waals surface area contributed by atoms with Crippen LogP contribution in [0.4, 0.5) is 0 Å². The number of nitrogens with zero attached hydrogens (tertiary/aromatic N) is 1. The highest BCUT2D eigenvalue weighted by atomic mass is 16.4. The summed E-state index contributed by atoms with van der Waals surface area (Å²) in [7, 11) is 0. The fraction of sp³-hybridized carbons (Fsp3) is 0.500. The van der Waals surface area contributed by atoms with E-state index in [-0.39, 0.29) is 16.7 Å². The first-order valence-electron chi connectivity index (χ1n) is 5.35. The molecule has 16 heavy (non-hydrogen) atoms. The topological polar surface area (TPSA) is 59.3 Å². The van der Waals surface area contributed by atoms with Gasteiger partial charge in [0.2, 0.25) is 0 Å². The van der Waals surface area contributed by atoms with E-state index in [0.717, 1.165) is 12.8 Å². The van der Waals surface area contributed by atoms with Crippen LogP contribution in [0.15, 0.2) is 23.1 Å². The second-order valence-electron chi connectivity index (χ2n) is 4.49. The Morgan fingerprint density at radius 2 is 2.06 bits per heavy atom. The number of hydrogen-bond donors (Lipinski definition) is 1. The predicted octanol–water partition coefficient (Wildman–Crippen LogP) is 2.08. The van der Waals surface area contributed by atoms with Crippen molar-refractivity contribution in [2.45, 2.75) is 39.2 Å². The number of aromatic carboxylic acids is 1. The van der Waals surface area contributed by atoms with Gasteiger partial charge in [-0.05, 0) is 26.3 Å². The molecular weight excluding hydrogens is 206 g/mol. The number of aromatic nitrogens is 1. The van der Waals surface area contributed by atoms with E-state index in [1.807, 2.05) is 20.8 Å². The molecule has 0 fully saturated rings. The maximum absolute atomic E-state index is 11.7. The van der Waals surface area contributed by atoms with Crippen molar-refractivity contribution in [3.8, 4) is 0 Å². The molecular formula is C12H17NO3. The van der Waals surface area contributed by atoms with E-state index in [4.69, 9.17) is 5.11 Å². The van der Waals surface area contributed by atoms with Gasteiger partial charge in [-0.25, -0.2) is 4.79 Å². The molecule has 4 nitrogen and oxygen atoms in total. The lowest BCUT2D eigenvalue weighted by Gasteiger charge is -2.27. The summed E-state index contributed by atoms with van der Waals surface area (Å²) in [6.07, 6.45) is 3.19. The third-order valence-corrected chi connectivity index (χ3v) is 2.67. The first kappa shape index (κ1) is 12.5. The number of pyridine rings is 1. The molecule has 0 atom stereocenters. The smallest absolute Gasteiger partial charge is 0.337 e. The Morgan fingerprint density at radius 1 is 1.44 bits per heavy atom. The average molecular weight is 223 g/mol. The largest absolute Gasteiger partial charge is 0.478 e. The summed E-state index contributed by atoms with van der Waals surface area (Å²) >= 11 is 0. The zero-order chi connectivity index (χ0) is 12.3. The van der Waals surface area contributed by atoms with Crippen molar-refractivity contribution in [2.24, 2.45) is 0 Å². The molecule has 1 aromatic rings. The molecule has 0 unspecified atom stereocenters. The van der Waals surface area contributed by atoms with Gasteiger partial charge in [0.05, 0.1) is 5.56 Å². The standard InChI is InChI=1S/C12H17NO3/c1-4-7-12(2,3)13-8-9(11(15)16)5-6-10(13)14/h5-6,8H,4,7H2,1-3H3,(H,15,16). The molecule has 0 aliphatic carbocycles. The molecule has 0 bridgehead atoms. The lowest BCUT2D eigenvalue weighted by molar-refractivity contribution is 0.0695. The molecule has 0 aliphatic rings. The van der Waals surface area contributed by atoms with Gasteiger partial charge in [-0.3, -0.25) is 4.79 Å². The third-order valence-electron chi connectivity index (χ3n) is 2.67. The Balaban J connectivity index is 3.27. The van der Waals surface area contributed by atoms with Crippen molar-refractivity contribution in [1.29, 1.82) is 0 Å². The second-order valence-corrected chi connectivity index (χ2v) is 4.49. The predicted molar refractivity (Wildman–Crippen MR) is 61.9 cm³/mol. The quantitative estimate of drug-likeness (QED) is 0.850. The highest BCUT2D eigenvalue weighted by Crippen LogP contribution is 2.19. The Kier molecular flexibility index (Phi) is 3.52. The Hall–Kier alpha value is -1.58. The van der Waals surface area contributed by atoms with Crippen LogP contribution in [-0.2, 0) is 5.54 Å². The lowest BCUT2D eigenvalue weighted by Crippen LogP contribution is -2.36. The number of hydrogen-bond acceptors (Lipinski definition) is 2. The van der Waals surface area contributed by atoms with Crippen LogP contribution in [0.5, 0.6) is 0 Å². The van der Waals surface area contributed by atoms with Crippen LogP contribution in [-0.4, -0.2) is 15.6 Å². The van der Waals surface area contributed by atoms with E-state index in [1.165, 1.54) is 22.9 Å². The van der Waals surface area contributed by atoms with Gasteiger partial charge in [-0.2, -0.15) is 0 Å². The molecule has 0 saturated heterocycles. The van der Waals surface area contributed by atoms with Crippen molar-refractivity contribution >= 4 is 5.97 Å². The number of rotatable bonds is 4. The minimum Gasteiger partial charge on any atom is -0.478 e. The summed E-state index contributed by atoms with van der Waals surface area (Å²) in [4.78, 5) is 22.5. The second kappa shape index (κ2) is 4.51. The van der Waals surface area contributed by atoms with Crippen molar-refractivity contribution in [3.63, 3.8) is 0 Å². The Labute approximate surface area is 94.5 Å². The number of carbonyl (C=O) groups is 1. The van der Waals surface area contributed by atoms with Gasteiger partial charge in [0.1, 0.15) is 0 Å². The fourth-order valence-electron chi connectivity index (χ4n) is 1.82. The maximum Gasteiger partial charge on any atom is 0.337 e. The van der Waals surface area contributed by atoms with Crippen molar-refractivity contribution in [2.75, 3.05) is 0 Å². The number of carboxylic acid groups (broad SMARTS) is 1. The van der Waals surface area contributed by atoms with E-state index in [1.54, 1.807) is 0 Å². The van der Waals surface area contributed by atoms with Gasteiger partial charge in [-0.15, -0.1) is 0 Å². The first-order chi connectivity index (χ1) is 7.38. The molecule has 1 N–H and O–H groups in total. The molecule has 0 amide bonds. The Morgan fingerprint density at radius 3 is 2.56 bits per heavy atom. The SMILES string of the molecule is CCCC(C)(C)n1cc(C(=O)O)ccc1=O. The first-order valence-corrected chi connectivity index (χ1v) is 5.35. The summed E-state index contributed by atoms with van der Waals surface area (Å²) in [5.74, 6) is -1.01. The summed E-state index contributed by atoms with van der Waals surface area (Å²) in [6.45, 7) is 5.90.